The molecular weight excluding hydrogens is 443 g/mol. The Labute approximate surface area is 194 Å². The Balaban J connectivity index is 0.000000406. The molecule has 2 N–H and O–H groups in total. The topological polar surface area (TPSA) is 89.8 Å². The van der Waals surface area contributed by atoms with Crippen LogP contribution >= 0.6 is 0 Å². The number of carboxylic acids is 1. The van der Waals surface area contributed by atoms with Crippen LogP contribution in [0.1, 0.15) is 28.2 Å². The van der Waals surface area contributed by atoms with Crippen LogP contribution in [0.3, 0.4) is 0 Å². The van der Waals surface area contributed by atoms with Crippen molar-refractivity contribution >= 4 is 5.97 Å². The van der Waals surface area contributed by atoms with Crippen LogP contribution in [-0.4, -0.2) is 27.2 Å². The van der Waals surface area contributed by atoms with E-state index < -0.39 is 12.1 Å². The van der Waals surface area contributed by atoms with Crippen LogP contribution < -0.4 is 0 Å². The van der Waals surface area contributed by atoms with Crippen molar-refractivity contribution in [1.82, 2.24) is 9.97 Å². The van der Waals surface area contributed by atoms with E-state index in [1.54, 1.807) is 0 Å². The van der Waals surface area contributed by atoms with Crippen molar-refractivity contribution in [2.75, 3.05) is 0 Å². The molecule has 0 bridgehead atoms. The molecule has 0 aliphatic carbocycles. The molecule has 34 heavy (non-hydrogen) atoms. The fraction of sp³-hybridized carbons (Fsp3) is 0.115. The number of nitrogens with one attached hydrogen (secondary N) is 1. The normalized spacial score (nSPS) is 10.6. The van der Waals surface area contributed by atoms with E-state index in [2.05, 4.69) is 64.6 Å². The maximum atomic E-state index is 10.6. The van der Waals surface area contributed by atoms with E-state index in [9.17, 15) is 13.2 Å². The number of aliphatic carboxylic acids is 1. The van der Waals surface area contributed by atoms with Gasteiger partial charge in [-0.15, -0.1) is 0 Å². The van der Waals surface area contributed by atoms with Gasteiger partial charge in [-0.1, -0.05) is 66.7 Å². The van der Waals surface area contributed by atoms with Crippen molar-refractivity contribution < 1.29 is 23.1 Å². The average molecular weight is 463 g/mol. The minimum absolute atomic E-state index is 0.683. The first-order chi connectivity index (χ1) is 16.2. The Bertz CT molecular complexity index is 1260. The molecule has 1 aromatic heterocycles. The molecule has 0 saturated heterocycles. The van der Waals surface area contributed by atoms with Crippen LogP contribution in [0, 0.1) is 11.3 Å². The largest absolute Gasteiger partial charge is 0.490 e. The molecule has 8 heteroatoms. The van der Waals surface area contributed by atoms with Gasteiger partial charge in [-0.25, -0.2) is 9.78 Å². The number of nitriles is 1. The Morgan fingerprint density at radius 3 is 1.97 bits per heavy atom. The molecule has 4 rings (SSSR count). The zero-order chi connectivity index (χ0) is 24.6. The van der Waals surface area contributed by atoms with E-state index in [1.165, 1.54) is 16.7 Å². The first-order valence-electron chi connectivity index (χ1n) is 10.2. The Morgan fingerprint density at radius 2 is 1.41 bits per heavy atom. The third kappa shape index (κ3) is 7.07. The Kier molecular flexibility index (Phi) is 7.83. The summed E-state index contributed by atoms with van der Waals surface area (Å²) in [5.41, 5.74) is 6.61. The highest BCUT2D eigenvalue weighted by Crippen LogP contribution is 2.20. The van der Waals surface area contributed by atoms with E-state index in [4.69, 9.17) is 15.2 Å². The summed E-state index contributed by atoms with van der Waals surface area (Å²) in [5.74, 6) is -1.79. The molecule has 3 aromatic carbocycles. The summed E-state index contributed by atoms with van der Waals surface area (Å²) in [6, 6.07) is 28.8. The van der Waals surface area contributed by atoms with E-state index in [0.29, 0.717) is 5.56 Å². The van der Waals surface area contributed by atoms with Crippen LogP contribution in [0.4, 0.5) is 13.2 Å². The molecule has 0 fully saturated rings. The van der Waals surface area contributed by atoms with Gasteiger partial charge in [0.1, 0.15) is 5.82 Å². The van der Waals surface area contributed by atoms with Crippen molar-refractivity contribution in [2.45, 2.75) is 19.0 Å². The second kappa shape index (κ2) is 11.0. The van der Waals surface area contributed by atoms with E-state index in [1.807, 2.05) is 36.5 Å². The van der Waals surface area contributed by atoms with Crippen LogP contribution in [0.25, 0.3) is 11.1 Å². The van der Waals surface area contributed by atoms with Crippen molar-refractivity contribution in [1.29, 1.82) is 5.26 Å². The highest BCUT2D eigenvalue weighted by molar-refractivity contribution is 5.73. The van der Waals surface area contributed by atoms with Gasteiger partial charge in [0.2, 0.25) is 0 Å². The number of benzene rings is 3. The number of H-pyrrole nitrogens is 1. The van der Waals surface area contributed by atoms with Crippen molar-refractivity contribution in [3.8, 4) is 17.2 Å². The SMILES string of the molecule is N#Cc1ccc(Cc2cnc(Cc3ccc(-c4ccccc4)cc3)[nH]2)cc1.O=C(O)C(F)(F)F. The van der Waals surface area contributed by atoms with Crippen LogP contribution in [0.2, 0.25) is 0 Å². The number of hydrogen-bond acceptors (Lipinski definition) is 3. The predicted octanol–water partition coefficient (Wildman–Crippen LogP) is 5.76. The van der Waals surface area contributed by atoms with E-state index >= 15 is 0 Å². The smallest absolute Gasteiger partial charge is 0.475 e. The lowest BCUT2D eigenvalue weighted by molar-refractivity contribution is -0.192. The second-order valence-corrected chi connectivity index (χ2v) is 7.38. The molecule has 172 valence electrons. The van der Waals surface area contributed by atoms with Gasteiger partial charge in [0, 0.05) is 24.7 Å². The fourth-order valence-corrected chi connectivity index (χ4v) is 3.14. The molecule has 0 spiro atoms. The highest BCUT2D eigenvalue weighted by Gasteiger charge is 2.38. The summed E-state index contributed by atoms with van der Waals surface area (Å²) in [6.07, 6.45) is -1.63. The molecular formula is C26H20F3N3O2. The predicted molar refractivity (Wildman–Crippen MR) is 121 cm³/mol. The van der Waals surface area contributed by atoms with E-state index in [-0.39, 0.29) is 0 Å². The zero-order valence-electron chi connectivity index (χ0n) is 17.9. The lowest BCUT2D eigenvalue weighted by Crippen LogP contribution is -2.21. The number of rotatable bonds is 5. The van der Waals surface area contributed by atoms with E-state index in [0.717, 1.165) is 29.9 Å². The number of halogens is 3. The van der Waals surface area contributed by atoms with Crippen molar-refractivity contribution in [3.63, 3.8) is 0 Å². The van der Waals surface area contributed by atoms with Gasteiger partial charge in [0.25, 0.3) is 0 Å². The molecule has 0 atom stereocenters. The molecule has 5 nitrogen and oxygen atoms in total. The molecule has 0 aliphatic heterocycles. The van der Waals surface area contributed by atoms with Crippen molar-refractivity contribution in [2.24, 2.45) is 0 Å². The monoisotopic (exact) mass is 463 g/mol. The number of imidazole rings is 1. The third-order valence-electron chi connectivity index (χ3n) is 4.83. The standard InChI is InChI=1S/C24H19N3.C2HF3O2/c25-16-20-8-6-18(7-9-20)14-23-17-26-24(27-23)15-19-10-12-22(13-11-19)21-4-2-1-3-5-21;3-2(4,5)1(6)7/h1-13,17H,14-15H2,(H,26,27);(H,6,7). The summed E-state index contributed by atoms with van der Waals surface area (Å²) in [7, 11) is 0. The van der Waals surface area contributed by atoms with Gasteiger partial charge >= 0.3 is 12.1 Å². The molecule has 4 aromatic rings. The van der Waals surface area contributed by atoms with Gasteiger partial charge in [-0.2, -0.15) is 18.4 Å². The fourth-order valence-electron chi connectivity index (χ4n) is 3.14. The Morgan fingerprint density at radius 1 is 0.882 bits per heavy atom. The van der Waals surface area contributed by atoms with Gasteiger partial charge in [0.15, 0.2) is 0 Å². The number of carbonyl (C=O) groups is 1. The van der Waals surface area contributed by atoms with Crippen LogP contribution in [-0.2, 0) is 17.6 Å². The lowest BCUT2D eigenvalue weighted by atomic mass is 10.0. The minimum Gasteiger partial charge on any atom is -0.475 e. The zero-order valence-corrected chi connectivity index (χ0v) is 17.9. The number of alkyl halides is 3. The lowest BCUT2D eigenvalue weighted by Gasteiger charge is -2.04. The number of nitrogens with zero attached hydrogens (tertiary/aromatic N) is 2. The quantitative estimate of drug-likeness (QED) is 0.394. The molecule has 0 unspecified atom stereocenters. The van der Waals surface area contributed by atoms with Gasteiger partial charge in [-0.05, 0) is 34.4 Å². The highest BCUT2D eigenvalue weighted by atomic mass is 19.4. The maximum absolute atomic E-state index is 10.6. The summed E-state index contributed by atoms with van der Waals surface area (Å²) >= 11 is 0. The molecule has 0 aliphatic rings. The van der Waals surface area contributed by atoms with Crippen LogP contribution in [0.5, 0.6) is 0 Å². The number of hydrogen-bond donors (Lipinski definition) is 2. The summed E-state index contributed by atoms with van der Waals surface area (Å²) in [4.78, 5) is 16.8. The minimum atomic E-state index is -5.08. The summed E-state index contributed by atoms with van der Waals surface area (Å²) in [5, 5.41) is 16.0. The number of aromatic amines is 1. The molecule has 0 radical (unpaired) electrons. The first kappa shape index (κ1) is 24.3. The van der Waals surface area contributed by atoms with Gasteiger partial charge < -0.3 is 10.1 Å². The van der Waals surface area contributed by atoms with Crippen LogP contribution in [0.15, 0.2) is 85.1 Å². The van der Waals surface area contributed by atoms with Gasteiger partial charge in [0.05, 0.1) is 11.6 Å². The van der Waals surface area contributed by atoms with Crippen molar-refractivity contribution in [3.05, 3.63) is 113 Å². The Hall–Kier alpha value is -4.38. The second-order valence-electron chi connectivity index (χ2n) is 7.38. The average Bonchev–Trinajstić information content (AvgIpc) is 3.27. The molecule has 1 heterocycles. The first-order valence-corrected chi connectivity index (χ1v) is 10.2. The third-order valence-corrected chi connectivity index (χ3v) is 4.83. The number of carboxylic acid groups (broad SMARTS) is 1. The summed E-state index contributed by atoms with van der Waals surface area (Å²) < 4.78 is 31.7. The molecule has 0 saturated carbocycles. The summed E-state index contributed by atoms with van der Waals surface area (Å²) in [6.45, 7) is 0. The number of aromatic nitrogens is 2. The molecule has 0 amide bonds. The maximum Gasteiger partial charge on any atom is 0.490 e. The van der Waals surface area contributed by atoms with Gasteiger partial charge in [-0.3, -0.25) is 0 Å².